The molecule has 17 heavy (non-hydrogen) atoms. The van der Waals surface area contributed by atoms with E-state index < -0.39 is 6.10 Å². The minimum Gasteiger partial charge on any atom is -0.392 e. The number of amides is 1. The van der Waals surface area contributed by atoms with Gasteiger partial charge < -0.3 is 10.4 Å². The van der Waals surface area contributed by atoms with Crippen molar-refractivity contribution in [1.29, 1.82) is 0 Å². The second-order valence-corrected chi connectivity index (χ2v) is 4.97. The Morgan fingerprint density at radius 3 is 2.71 bits per heavy atom. The number of hydrogen-bond donors (Lipinski definition) is 2. The lowest BCUT2D eigenvalue weighted by Gasteiger charge is -2.16. The molecule has 0 fully saturated rings. The molecule has 98 valence electrons. The lowest BCUT2D eigenvalue weighted by molar-refractivity contribution is -0.119. The fraction of sp³-hybridized carbons (Fsp3) is 0.667. The van der Waals surface area contributed by atoms with Crippen LogP contribution in [0.2, 0.25) is 0 Å². The van der Waals surface area contributed by atoms with Crippen molar-refractivity contribution in [2.45, 2.75) is 32.8 Å². The first-order valence-electron chi connectivity index (χ1n) is 5.69. The van der Waals surface area contributed by atoms with E-state index in [-0.39, 0.29) is 16.9 Å². The van der Waals surface area contributed by atoms with E-state index in [1.165, 1.54) is 6.92 Å². The summed E-state index contributed by atoms with van der Waals surface area (Å²) in [5, 5.41) is 12.3. The Labute approximate surface area is 107 Å². The number of nitrogens with one attached hydrogen (secondary N) is 1. The topological polar surface area (TPSA) is 66.4 Å². The van der Waals surface area contributed by atoms with Gasteiger partial charge in [0.2, 0.25) is 5.91 Å². The van der Waals surface area contributed by atoms with Crippen LogP contribution in [0.15, 0.2) is 12.7 Å². The Kier molecular flexibility index (Phi) is 8.80. The highest BCUT2D eigenvalue weighted by Gasteiger charge is 2.21. The molecule has 0 heterocycles. The maximum absolute atomic E-state index is 11.7. The van der Waals surface area contributed by atoms with Crippen LogP contribution >= 0.6 is 11.8 Å². The van der Waals surface area contributed by atoms with Crippen molar-refractivity contribution in [2.24, 2.45) is 5.92 Å². The van der Waals surface area contributed by atoms with Gasteiger partial charge in [0.15, 0.2) is 5.12 Å². The average molecular weight is 259 g/mol. The van der Waals surface area contributed by atoms with Crippen LogP contribution in [0.4, 0.5) is 0 Å². The van der Waals surface area contributed by atoms with Gasteiger partial charge in [-0.05, 0) is 12.8 Å². The predicted octanol–water partition coefficient (Wildman–Crippen LogP) is 1.35. The minimum absolute atomic E-state index is 0.0353. The average Bonchev–Trinajstić information content (AvgIpc) is 2.30. The van der Waals surface area contributed by atoms with Crippen LogP contribution in [0, 0.1) is 5.92 Å². The number of carbonyl (C=O) groups excluding carboxylic acids is 2. The van der Waals surface area contributed by atoms with E-state index in [1.54, 1.807) is 13.0 Å². The Morgan fingerprint density at radius 1 is 1.53 bits per heavy atom. The molecule has 0 saturated carbocycles. The first kappa shape index (κ1) is 16.2. The van der Waals surface area contributed by atoms with Gasteiger partial charge in [0.1, 0.15) is 0 Å². The highest BCUT2D eigenvalue weighted by Crippen LogP contribution is 2.17. The molecule has 0 aliphatic carbocycles. The maximum Gasteiger partial charge on any atom is 0.216 e. The Morgan fingerprint density at radius 2 is 2.18 bits per heavy atom. The van der Waals surface area contributed by atoms with Crippen LogP contribution in [0.5, 0.6) is 0 Å². The fourth-order valence-electron chi connectivity index (χ4n) is 1.21. The van der Waals surface area contributed by atoms with E-state index in [1.807, 2.05) is 0 Å². The van der Waals surface area contributed by atoms with Gasteiger partial charge in [-0.2, -0.15) is 0 Å². The van der Waals surface area contributed by atoms with Crippen molar-refractivity contribution in [3.05, 3.63) is 12.7 Å². The Bertz CT molecular complexity index is 268. The summed E-state index contributed by atoms with van der Waals surface area (Å²) in [6.45, 7) is 7.21. The van der Waals surface area contributed by atoms with Crippen LogP contribution in [0.3, 0.4) is 0 Å². The van der Waals surface area contributed by atoms with Gasteiger partial charge in [-0.15, -0.1) is 6.58 Å². The maximum atomic E-state index is 11.7. The van der Waals surface area contributed by atoms with E-state index in [4.69, 9.17) is 0 Å². The Balaban J connectivity index is 3.80. The number of rotatable bonds is 8. The number of carbonyl (C=O) groups is 2. The van der Waals surface area contributed by atoms with Crippen LogP contribution in [-0.4, -0.2) is 34.5 Å². The minimum atomic E-state index is -0.617. The molecule has 0 aliphatic heterocycles. The molecule has 4 nitrogen and oxygen atoms in total. The molecular formula is C12H21NO3S. The van der Waals surface area contributed by atoms with Gasteiger partial charge in [0.25, 0.3) is 0 Å². The van der Waals surface area contributed by atoms with Crippen molar-refractivity contribution in [2.75, 3.05) is 12.3 Å². The summed E-state index contributed by atoms with van der Waals surface area (Å²) in [4.78, 5) is 22.3. The van der Waals surface area contributed by atoms with Gasteiger partial charge in [-0.1, -0.05) is 24.8 Å². The lowest BCUT2D eigenvalue weighted by atomic mass is 10.0. The smallest absolute Gasteiger partial charge is 0.216 e. The van der Waals surface area contributed by atoms with E-state index in [9.17, 15) is 14.7 Å². The summed E-state index contributed by atoms with van der Waals surface area (Å²) in [7, 11) is 0. The summed E-state index contributed by atoms with van der Waals surface area (Å²) in [5.74, 6) is 0.0612. The molecule has 1 amide bonds. The summed E-state index contributed by atoms with van der Waals surface area (Å²) in [6, 6.07) is 0. The van der Waals surface area contributed by atoms with Gasteiger partial charge in [-0.25, -0.2) is 0 Å². The second kappa shape index (κ2) is 9.24. The SMILES string of the molecule is C=CCCC(O)C(C)C(=O)SCCNC(C)=O. The van der Waals surface area contributed by atoms with Gasteiger partial charge in [0, 0.05) is 19.2 Å². The highest BCUT2D eigenvalue weighted by molar-refractivity contribution is 8.13. The Hall–Kier alpha value is -0.810. The molecule has 5 heteroatoms. The molecule has 0 bridgehead atoms. The molecule has 0 radical (unpaired) electrons. The third kappa shape index (κ3) is 7.99. The largest absolute Gasteiger partial charge is 0.392 e. The summed E-state index contributed by atoms with van der Waals surface area (Å²) < 4.78 is 0. The van der Waals surface area contributed by atoms with Crippen molar-refractivity contribution in [3.63, 3.8) is 0 Å². The molecule has 0 aromatic carbocycles. The van der Waals surface area contributed by atoms with Crippen LogP contribution in [0.25, 0.3) is 0 Å². The molecule has 0 aromatic heterocycles. The predicted molar refractivity (Wildman–Crippen MR) is 70.8 cm³/mol. The molecular weight excluding hydrogens is 238 g/mol. The molecule has 0 rings (SSSR count). The molecule has 0 saturated heterocycles. The third-order valence-electron chi connectivity index (χ3n) is 2.34. The van der Waals surface area contributed by atoms with Crippen molar-refractivity contribution >= 4 is 22.8 Å². The van der Waals surface area contributed by atoms with Gasteiger partial charge in [-0.3, -0.25) is 9.59 Å². The van der Waals surface area contributed by atoms with Crippen LogP contribution < -0.4 is 5.32 Å². The molecule has 0 spiro atoms. The van der Waals surface area contributed by atoms with E-state index in [0.717, 1.165) is 11.8 Å². The van der Waals surface area contributed by atoms with E-state index in [0.29, 0.717) is 25.1 Å². The van der Waals surface area contributed by atoms with Gasteiger partial charge in [0.05, 0.1) is 12.0 Å². The van der Waals surface area contributed by atoms with Crippen molar-refractivity contribution in [3.8, 4) is 0 Å². The molecule has 0 aliphatic rings. The fourth-order valence-corrected chi connectivity index (χ4v) is 2.03. The van der Waals surface area contributed by atoms with Crippen molar-refractivity contribution < 1.29 is 14.7 Å². The normalized spacial score (nSPS) is 13.8. The molecule has 2 N–H and O–H groups in total. The lowest BCUT2D eigenvalue weighted by Crippen LogP contribution is -2.26. The first-order chi connectivity index (χ1) is 7.99. The number of aliphatic hydroxyl groups is 1. The standard InChI is InChI=1S/C12H21NO3S/c1-4-5-6-11(15)9(2)12(16)17-8-7-13-10(3)14/h4,9,11,15H,1,5-8H2,2-3H3,(H,13,14). The molecule has 2 atom stereocenters. The number of hydrogen-bond acceptors (Lipinski definition) is 4. The highest BCUT2D eigenvalue weighted by atomic mass is 32.2. The second-order valence-electron chi connectivity index (χ2n) is 3.87. The molecule has 2 unspecified atom stereocenters. The number of thioether (sulfide) groups is 1. The van der Waals surface area contributed by atoms with E-state index in [2.05, 4.69) is 11.9 Å². The number of aliphatic hydroxyl groups excluding tert-OH is 1. The monoisotopic (exact) mass is 259 g/mol. The quantitative estimate of drug-likeness (QED) is 0.510. The third-order valence-corrected chi connectivity index (χ3v) is 3.40. The summed E-state index contributed by atoms with van der Waals surface area (Å²) in [5.41, 5.74) is 0. The summed E-state index contributed by atoms with van der Waals surface area (Å²) in [6.07, 6.45) is 2.37. The first-order valence-corrected chi connectivity index (χ1v) is 6.67. The summed E-state index contributed by atoms with van der Waals surface area (Å²) >= 11 is 1.15. The zero-order chi connectivity index (χ0) is 13.3. The van der Waals surface area contributed by atoms with Crippen LogP contribution in [-0.2, 0) is 9.59 Å². The number of allylic oxidation sites excluding steroid dienone is 1. The van der Waals surface area contributed by atoms with E-state index >= 15 is 0 Å². The van der Waals surface area contributed by atoms with Crippen molar-refractivity contribution in [1.82, 2.24) is 5.32 Å². The zero-order valence-corrected chi connectivity index (χ0v) is 11.3. The zero-order valence-electron chi connectivity index (χ0n) is 10.4. The molecule has 0 aromatic rings. The van der Waals surface area contributed by atoms with Gasteiger partial charge >= 0.3 is 0 Å². The van der Waals surface area contributed by atoms with Crippen LogP contribution in [0.1, 0.15) is 26.7 Å².